The zero-order valence-corrected chi connectivity index (χ0v) is 11.1. The molecule has 1 atom stereocenters. The van der Waals surface area contributed by atoms with Crippen molar-refractivity contribution in [3.8, 4) is 0 Å². The molecule has 0 saturated carbocycles. The molecule has 1 N–H and O–H groups in total. The van der Waals surface area contributed by atoms with Gasteiger partial charge in [0.05, 0.1) is 6.04 Å². The summed E-state index contributed by atoms with van der Waals surface area (Å²) in [5.74, 6) is -0.204. The summed E-state index contributed by atoms with van der Waals surface area (Å²) in [6.07, 6.45) is 0. The largest absolute Gasteiger partial charge is 0.309 e. The lowest BCUT2D eigenvalue weighted by Gasteiger charge is -2.18. The highest BCUT2D eigenvalue weighted by atomic mass is 35.5. The van der Waals surface area contributed by atoms with Gasteiger partial charge >= 0.3 is 0 Å². The van der Waals surface area contributed by atoms with Gasteiger partial charge < -0.3 is 5.32 Å². The van der Waals surface area contributed by atoms with Crippen molar-refractivity contribution >= 4 is 11.6 Å². The van der Waals surface area contributed by atoms with Gasteiger partial charge in [-0.3, -0.25) is 0 Å². The van der Waals surface area contributed by atoms with Crippen LogP contribution < -0.4 is 5.32 Å². The third-order valence-corrected chi connectivity index (χ3v) is 3.44. The monoisotopic (exact) mass is 263 g/mol. The Morgan fingerprint density at radius 2 is 1.89 bits per heavy atom. The molecule has 0 spiro atoms. The van der Waals surface area contributed by atoms with Crippen LogP contribution in [0.1, 0.15) is 22.7 Å². The predicted octanol–water partition coefficient (Wildman–Crippen LogP) is 4.10. The topological polar surface area (TPSA) is 12.0 Å². The van der Waals surface area contributed by atoms with E-state index in [2.05, 4.69) is 5.32 Å². The van der Waals surface area contributed by atoms with Crippen LogP contribution in [0.25, 0.3) is 0 Å². The second-order valence-electron chi connectivity index (χ2n) is 4.25. The number of hydrogen-bond acceptors (Lipinski definition) is 1. The molecular weight excluding hydrogens is 249 g/mol. The van der Waals surface area contributed by atoms with Gasteiger partial charge in [0.2, 0.25) is 0 Å². The maximum Gasteiger partial charge on any atom is 0.128 e. The molecule has 0 aromatic heterocycles. The Labute approximate surface area is 112 Å². The Balaban J connectivity index is 2.45. The zero-order chi connectivity index (χ0) is 13.1. The van der Waals surface area contributed by atoms with Gasteiger partial charge in [0.25, 0.3) is 0 Å². The maximum atomic E-state index is 13.8. The third-order valence-electron chi connectivity index (χ3n) is 3.02. The lowest BCUT2D eigenvalue weighted by atomic mass is 9.97. The highest BCUT2D eigenvalue weighted by molar-refractivity contribution is 6.31. The Morgan fingerprint density at radius 1 is 1.17 bits per heavy atom. The van der Waals surface area contributed by atoms with Crippen LogP contribution in [0.4, 0.5) is 4.39 Å². The van der Waals surface area contributed by atoms with Crippen LogP contribution >= 0.6 is 11.6 Å². The van der Waals surface area contributed by atoms with Crippen molar-refractivity contribution in [1.29, 1.82) is 0 Å². The van der Waals surface area contributed by atoms with E-state index in [-0.39, 0.29) is 11.9 Å². The quantitative estimate of drug-likeness (QED) is 0.879. The van der Waals surface area contributed by atoms with Crippen molar-refractivity contribution in [2.45, 2.75) is 13.0 Å². The number of hydrogen-bond donors (Lipinski definition) is 1. The number of nitrogens with one attached hydrogen (secondary N) is 1. The fraction of sp³-hybridized carbons (Fsp3) is 0.200. The summed E-state index contributed by atoms with van der Waals surface area (Å²) in [6.45, 7) is 1.94. The third kappa shape index (κ3) is 2.55. The summed E-state index contributed by atoms with van der Waals surface area (Å²) < 4.78 is 13.8. The number of aryl methyl sites for hydroxylation is 1. The second-order valence-corrected chi connectivity index (χ2v) is 4.66. The van der Waals surface area contributed by atoms with Crippen molar-refractivity contribution in [1.82, 2.24) is 5.32 Å². The minimum atomic E-state index is -0.204. The van der Waals surface area contributed by atoms with Gasteiger partial charge in [0, 0.05) is 10.6 Å². The van der Waals surface area contributed by atoms with Crippen molar-refractivity contribution in [3.63, 3.8) is 0 Å². The normalized spacial score (nSPS) is 12.4. The molecule has 1 nitrogen and oxygen atoms in total. The molecule has 2 aromatic carbocycles. The summed E-state index contributed by atoms with van der Waals surface area (Å²) in [7, 11) is 1.82. The summed E-state index contributed by atoms with van der Waals surface area (Å²) in [6, 6.07) is 12.4. The lowest BCUT2D eigenvalue weighted by molar-refractivity contribution is 0.576. The molecule has 2 rings (SSSR count). The molecule has 0 amide bonds. The fourth-order valence-corrected chi connectivity index (χ4v) is 2.18. The summed E-state index contributed by atoms with van der Waals surface area (Å²) in [5.41, 5.74) is 2.64. The molecule has 0 saturated heterocycles. The highest BCUT2D eigenvalue weighted by Crippen LogP contribution is 2.27. The van der Waals surface area contributed by atoms with Crippen LogP contribution in [0.5, 0.6) is 0 Å². The Kier molecular flexibility index (Phi) is 4.00. The molecule has 18 heavy (non-hydrogen) atoms. The SMILES string of the molecule is CNC(c1ccc(Cl)c(C)c1)c1ccccc1F. The number of benzene rings is 2. The van der Waals surface area contributed by atoms with E-state index in [1.807, 2.05) is 38.2 Å². The Hall–Kier alpha value is -1.38. The molecule has 3 heteroatoms. The van der Waals surface area contributed by atoms with Crippen molar-refractivity contribution in [2.75, 3.05) is 7.05 Å². The van der Waals surface area contributed by atoms with Crippen molar-refractivity contribution in [3.05, 3.63) is 70.0 Å². The standard InChI is InChI=1S/C15H15ClFN/c1-10-9-11(7-8-13(10)16)15(18-2)12-5-3-4-6-14(12)17/h3-9,15,18H,1-2H3. The van der Waals surface area contributed by atoms with Gasteiger partial charge in [-0.25, -0.2) is 4.39 Å². The van der Waals surface area contributed by atoms with Gasteiger partial charge in [-0.05, 0) is 37.2 Å². The molecule has 1 unspecified atom stereocenters. The van der Waals surface area contributed by atoms with Crippen molar-refractivity contribution in [2.24, 2.45) is 0 Å². The first-order valence-electron chi connectivity index (χ1n) is 5.81. The summed E-state index contributed by atoms with van der Waals surface area (Å²) in [4.78, 5) is 0. The first-order chi connectivity index (χ1) is 8.63. The average Bonchev–Trinajstić information content (AvgIpc) is 2.37. The number of rotatable bonds is 3. The predicted molar refractivity (Wildman–Crippen MR) is 73.5 cm³/mol. The zero-order valence-electron chi connectivity index (χ0n) is 10.4. The van der Waals surface area contributed by atoms with E-state index >= 15 is 0 Å². The Morgan fingerprint density at radius 3 is 2.50 bits per heavy atom. The van der Waals surface area contributed by atoms with Gasteiger partial charge in [-0.15, -0.1) is 0 Å². The molecule has 0 aliphatic heterocycles. The second kappa shape index (κ2) is 5.51. The van der Waals surface area contributed by atoms with Gasteiger partial charge in [0.15, 0.2) is 0 Å². The molecule has 0 aliphatic rings. The van der Waals surface area contributed by atoms with E-state index in [4.69, 9.17) is 11.6 Å². The Bertz CT molecular complexity index is 554. The molecular formula is C15H15ClFN. The van der Waals surface area contributed by atoms with Crippen molar-refractivity contribution < 1.29 is 4.39 Å². The van der Waals surface area contributed by atoms with E-state index in [9.17, 15) is 4.39 Å². The van der Waals surface area contributed by atoms with Crippen LogP contribution in [0, 0.1) is 12.7 Å². The van der Waals surface area contributed by atoms with Crippen LogP contribution in [0.2, 0.25) is 5.02 Å². The van der Waals surface area contributed by atoms with Crippen LogP contribution in [-0.2, 0) is 0 Å². The van der Waals surface area contributed by atoms with Gasteiger partial charge in [-0.1, -0.05) is 41.9 Å². The van der Waals surface area contributed by atoms with E-state index in [0.717, 1.165) is 16.1 Å². The summed E-state index contributed by atoms with van der Waals surface area (Å²) >= 11 is 6.01. The van der Waals surface area contributed by atoms with Crippen LogP contribution in [0.15, 0.2) is 42.5 Å². The molecule has 2 aromatic rings. The maximum absolute atomic E-state index is 13.8. The van der Waals surface area contributed by atoms with Crippen LogP contribution in [-0.4, -0.2) is 7.05 Å². The minimum absolute atomic E-state index is 0.165. The first-order valence-corrected chi connectivity index (χ1v) is 6.19. The minimum Gasteiger partial charge on any atom is -0.309 e. The number of halogens is 2. The smallest absolute Gasteiger partial charge is 0.128 e. The van der Waals surface area contributed by atoms with Gasteiger partial charge in [-0.2, -0.15) is 0 Å². The van der Waals surface area contributed by atoms with Gasteiger partial charge in [0.1, 0.15) is 5.82 Å². The van der Waals surface area contributed by atoms with E-state index < -0.39 is 0 Å². The fourth-order valence-electron chi connectivity index (χ4n) is 2.06. The van der Waals surface area contributed by atoms with Crippen LogP contribution in [0.3, 0.4) is 0 Å². The highest BCUT2D eigenvalue weighted by Gasteiger charge is 2.16. The molecule has 0 bridgehead atoms. The van der Waals surface area contributed by atoms with E-state index in [1.165, 1.54) is 6.07 Å². The molecule has 0 heterocycles. The molecule has 0 fully saturated rings. The first kappa shape index (κ1) is 13.1. The molecule has 0 radical (unpaired) electrons. The van der Waals surface area contributed by atoms with E-state index in [0.29, 0.717) is 5.56 Å². The lowest BCUT2D eigenvalue weighted by Crippen LogP contribution is -2.19. The average molecular weight is 264 g/mol. The summed E-state index contributed by atoms with van der Waals surface area (Å²) in [5, 5.41) is 3.86. The molecule has 94 valence electrons. The molecule has 0 aliphatic carbocycles. The van der Waals surface area contributed by atoms with E-state index in [1.54, 1.807) is 12.1 Å².